The van der Waals surface area contributed by atoms with Gasteiger partial charge in [0, 0.05) is 29.8 Å². The second-order valence-corrected chi connectivity index (χ2v) is 7.82. The van der Waals surface area contributed by atoms with Crippen molar-refractivity contribution in [3.63, 3.8) is 0 Å². The van der Waals surface area contributed by atoms with Crippen LogP contribution >= 0.6 is 15.9 Å². The number of hydrogen-bond donors (Lipinski definition) is 1. The van der Waals surface area contributed by atoms with Gasteiger partial charge in [0.1, 0.15) is 11.7 Å². The molecule has 28 heavy (non-hydrogen) atoms. The second-order valence-electron chi connectivity index (χ2n) is 6.90. The van der Waals surface area contributed by atoms with Crippen molar-refractivity contribution in [3.05, 3.63) is 58.8 Å². The summed E-state index contributed by atoms with van der Waals surface area (Å²) in [5, 5.41) is 2.92. The number of nitrogens with one attached hydrogen (secondary N) is 1. The summed E-state index contributed by atoms with van der Waals surface area (Å²) in [7, 11) is 0. The lowest BCUT2D eigenvalue weighted by atomic mass is 10.1. The molecule has 1 unspecified atom stereocenters. The van der Waals surface area contributed by atoms with Crippen LogP contribution in [0.1, 0.15) is 12.2 Å². The summed E-state index contributed by atoms with van der Waals surface area (Å²) in [6, 6.07) is 15.5. The summed E-state index contributed by atoms with van der Waals surface area (Å²) in [6.45, 7) is 3.59. The van der Waals surface area contributed by atoms with Crippen LogP contribution in [-0.2, 0) is 16.1 Å². The lowest BCUT2D eigenvalue weighted by Crippen LogP contribution is -2.38. The first-order valence-corrected chi connectivity index (χ1v) is 10.1. The van der Waals surface area contributed by atoms with Gasteiger partial charge in [0.25, 0.3) is 0 Å². The standard InChI is InChI=1S/C21H21BrN4O2/c1-14-24-18-7-2-3-8-19(18)25(14)12-10-23-20(27)17-9-11-26(21(17)28)16-6-4-5-15(22)13-16/h2-8,13,17H,9-12H2,1H3,(H,23,27). The summed E-state index contributed by atoms with van der Waals surface area (Å²) in [6.07, 6.45) is 0.532. The number of carbonyl (C=O) groups excluding carboxylic acids is 2. The highest BCUT2D eigenvalue weighted by molar-refractivity contribution is 9.10. The first-order chi connectivity index (χ1) is 13.5. The summed E-state index contributed by atoms with van der Waals surface area (Å²) >= 11 is 3.42. The number of aryl methyl sites for hydroxylation is 1. The lowest BCUT2D eigenvalue weighted by molar-refractivity contribution is -0.132. The van der Waals surface area contributed by atoms with Crippen LogP contribution in [0.2, 0.25) is 0 Å². The minimum absolute atomic E-state index is 0.139. The Labute approximate surface area is 171 Å². The topological polar surface area (TPSA) is 67.2 Å². The number of halogens is 1. The smallest absolute Gasteiger partial charge is 0.239 e. The van der Waals surface area contributed by atoms with Crippen molar-refractivity contribution in [2.75, 3.05) is 18.0 Å². The van der Waals surface area contributed by atoms with E-state index < -0.39 is 5.92 Å². The van der Waals surface area contributed by atoms with Crippen molar-refractivity contribution in [1.82, 2.24) is 14.9 Å². The molecule has 0 bridgehead atoms. The maximum atomic E-state index is 12.7. The highest BCUT2D eigenvalue weighted by Gasteiger charge is 2.37. The van der Waals surface area contributed by atoms with Crippen LogP contribution in [0.15, 0.2) is 53.0 Å². The largest absolute Gasteiger partial charge is 0.354 e. The van der Waals surface area contributed by atoms with Gasteiger partial charge < -0.3 is 14.8 Å². The Kier molecular flexibility index (Phi) is 5.17. The molecule has 7 heteroatoms. The molecule has 1 aliphatic heterocycles. The van der Waals surface area contributed by atoms with Crippen molar-refractivity contribution in [3.8, 4) is 0 Å². The summed E-state index contributed by atoms with van der Waals surface area (Å²) in [4.78, 5) is 31.5. The third kappa shape index (κ3) is 3.54. The zero-order valence-corrected chi connectivity index (χ0v) is 17.1. The van der Waals surface area contributed by atoms with Crippen LogP contribution in [0.3, 0.4) is 0 Å². The number of anilines is 1. The fourth-order valence-electron chi connectivity index (χ4n) is 3.72. The van der Waals surface area contributed by atoms with Gasteiger partial charge in [0.15, 0.2) is 0 Å². The number of benzene rings is 2. The molecular weight excluding hydrogens is 420 g/mol. The minimum atomic E-state index is -0.625. The van der Waals surface area contributed by atoms with E-state index >= 15 is 0 Å². The molecule has 0 saturated carbocycles. The molecule has 1 saturated heterocycles. The van der Waals surface area contributed by atoms with E-state index in [0.717, 1.165) is 27.0 Å². The molecule has 2 heterocycles. The van der Waals surface area contributed by atoms with Crippen LogP contribution in [0.5, 0.6) is 0 Å². The third-order valence-electron chi connectivity index (χ3n) is 5.12. The number of carbonyl (C=O) groups is 2. The van der Waals surface area contributed by atoms with Gasteiger partial charge in [0.2, 0.25) is 11.8 Å². The molecule has 0 radical (unpaired) electrons. The Morgan fingerprint density at radius 3 is 2.89 bits per heavy atom. The van der Waals surface area contributed by atoms with Crippen LogP contribution in [0, 0.1) is 12.8 Å². The lowest BCUT2D eigenvalue weighted by Gasteiger charge is -2.17. The van der Waals surface area contributed by atoms with Gasteiger partial charge in [0.05, 0.1) is 11.0 Å². The zero-order chi connectivity index (χ0) is 19.7. The molecule has 0 aliphatic carbocycles. The van der Waals surface area contributed by atoms with Gasteiger partial charge in [-0.3, -0.25) is 9.59 Å². The predicted octanol–water partition coefficient (Wildman–Crippen LogP) is 3.28. The van der Waals surface area contributed by atoms with E-state index in [9.17, 15) is 9.59 Å². The normalized spacial score (nSPS) is 16.7. The number of nitrogens with zero attached hydrogens (tertiary/aromatic N) is 3. The van der Waals surface area contributed by atoms with Crippen molar-refractivity contribution in [2.24, 2.45) is 5.92 Å². The van der Waals surface area contributed by atoms with Crippen molar-refractivity contribution in [2.45, 2.75) is 19.9 Å². The number of amides is 2. The average molecular weight is 441 g/mol. The zero-order valence-electron chi connectivity index (χ0n) is 15.6. The van der Waals surface area contributed by atoms with Crippen molar-refractivity contribution >= 4 is 44.5 Å². The summed E-state index contributed by atoms with van der Waals surface area (Å²) in [5.74, 6) is -0.0581. The number of rotatable bonds is 5. The molecule has 2 amide bonds. The molecule has 1 atom stereocenters. The van der Waals surface area contributed by atoms with E-state index in [-0.39, 0.29) is 11.8 Å². The fraction of sp³-hybridized carbons (Fsp3) is 0.286. The number of hydrogen-bond acceptors (Lipinski definition) is 3. The molecule has 6 nitrogen and oxygen atoms in total. The first-order valence-electron chi connectivity index (χ1n) is 9.31. The van der Waals surface area contributed by atoms with E-state index in [1.54, 1.807) is 4.90 Å². The average Bonchev–Trinajstić information content (AvgIpc) is 3.21. The number of para-hydroxylation sites is 2. The quantitative estimate of drug-likeness (QED) is 0.618. The number of aromatic nitrogens is 2. The first kappa shape index (κ1) is 18.7. The van der Waals surface area contributed by atoms with Crippen LogP contribution in [-0.4, -0.2) is 34.5 Å². The van der Waals surface area contributed by atoms with Gasteiger partial charge in [-0.05, 0) is 43.7 Å². The Morgan fingerprint density at radius 1 is 1.25 bits per heavy atom. The molecular formula is C21H21BrN4O2. The van der Waals surface area contributed by atoms with E-state index in [1.165, 1.54) is 0 Å². The fourth-order valence-corrected chi connectivity index (χ4v) is 4.10. The predicted molar refractivity (Wildman–Crippen MR) is 112 cm³/mol. The van der Waals surface area contributed by atoms with Crippen LogP contribution in [0.25, 0.3) is 11.0 Å². The van der Waals surface area contributed by atoms with E-state index in [2.05, 4.69) is 30.8 Å². The van der Waals surface area contributed by atoms with Gasteiger partial charge in [-0.1, -0.05) is 34.1 Å². The molecule has 1 N–H and O–H groups in total. The number of fused-ring (bicyclic) bond motifs is 1. The SMILES string of the molecule is Cc1nc2ccccc2n1CCNC(=O)C1CCN(c2cccc(Br)c2)C1=O. The Hall–Kier alpha value is -2.67. The molecule has 144 valence electrons. The van der Waals surface area contributed by atoms with E-state index in [0.29, 0.717) is 26.1 Å². The Balaban J connectivity index is 1.38. The highest BCUT2D eigenvalue weighted by atomic mass is 79.9. The van der Waals surface area contributed by atoms with E-state index in [1.807, 2.05) is 55.5 Å². The maximum Gasteiger partial charge on any atom is 0.239 e. The van der Waals surface area contributed by atoms with Gasteiger partial charge in [-0.15, -0.1) is 0 Å². The molecule has 0 spiro atoms. The second kappa shape index (κ2) is 7.75. The molecule has 4 rings (SSSR count). The Morgan fingerprint density at radius 2 is 2.07 bits per heavy atom. The molecule has 3 aromatic rings. The number of imidazole rings is 1. The third-order valence-corrected chi connectivity index (χ3v) is 5.62. The minimum Gasteiger partial charge on any atom is -0.354 e. The van der Waals surface area contributed by atoms with E-state index in [4.69, 9.17) is 0 Å². The summed E-state index contributed by atoms with van der Waals surface area (Å²) < 4.78 is 2.99. The monoisotopic (exact) mass is 440 g/mol. The van der Waals surface area contributed by atoms with Crippen LogP contribution in [0.4, 0.5) is 5.69 Å². The summed E-state index contributed by atoms with van der Waals surface area (Å²) in [5.41, 5.74) is 2.81. The van der Waals surface area contributed by atoms with Crippen molar-refractivity contribution in [1.29, 1.82) is 0 Å². The van der Waals surface area contributed by atoms with Gasteiger partial charge >= 0.3 is 0 Å². The maximum absolute atomic E-state index is 12.7. The molecule has 1 aliphatic rings. The van der Waals surface area contributed by atoms with Gasteiger partial charge in [-0.2, -0.15) is 0 Å². The Bertz CT molecular complexity index is 1050. The molecule has 1 aromatic heterocycles. The van der Waals surface area contributed by atoms with Gasteiger partial charge in [-0.25, -0.2) is 4.98 Å². The molecule has 2 aromatic carbocycles. The molecule has 1 fully saturated rings. The highest BCUT2D eigenvalue weighted by Crippen LogP contribution is 2.27. The van der Waals surface area contributed by atoms with Crippen molar-refractivity contribution < 1.29 is 9.59 Å². The van der Waals surface area contributed by atoms with Crippen LogP contribution < -0.4 is 10.2 Å².